The van der Waals surface area contributed by atoms with Crippen LogP contribution in [0.5, 0.6) is 0 Å². The Kier molecular flexibility index (Phi) is 9.72. The molecule has 1 saturated heterocycles. The van der Waals surface area contributed by atoms with Crippen molar-refractivity contribution in [2.45, 2.75) is 17.5 Å². The zero-order valence-corrected chi connectivity index (χ0v) is 22.3. The van der Waals surface area contributed by atoms with E-state index in [0.717, 1.165) is 28.0 Å². The molecular formula is C19H21N7O10S3. The van der Waals surface area contributed by atoms with Crippen LogP contribution in [0, 0.1) is 0 Å². The summed E-state index contributed by atoms with van der Waals surface area (Å²) in [5, 5.41) is 27.0. The number of rotatable bonds is 11. The molecule has 3 heterocycles. The maximum Gasteiger partial charge on any atom is 0.404 e. The molecule has 39 heavy (non-hydrogen) atoms. The van der Waals surface area contributed by atoms with Crippen molar-refractivity contribution >= 4 is 80.8 Å². The van der Waals surface area contributed by atoms with E-state index >= 15 is 0 Å². The topological polar surface area (TPSA) is 266 Å². The highest BCUT2D eigenvalue weighted by Gasteiger charge is 2.54. The van der Waals surface area contributed by atoms with E-state index in [4.69, 9.17) is 21.4 Å². The summed E-state index contributed by atoms with van der Waals surface area (Å²) in [6.07, 6.45) is -1.10. The number of amides is 4. The Balaban J connectivity index is 1.67. The molecule has 3 atom stereocenters. The second-order valence-corrected chi connectivity index (χ2v) is 10.5. The van der Waals surface area contributed by atoms with Crippen molar-refractivity contribution in [2.75, 3.05) is 30.5 Å². The lowest BCUT2D eigenvalue weighted by Crippen LogP contribution is -2.71. The molecule has 20 heteroatoms. The van der Waals surface area contributed by atoms with Gasteiger partial charge in [0.2, 0.25) is 0 Å². The van der Waals surface area contributed by atoms with Crippen molar-refractivity contribution < 1.29 is 48.6 Å². The predicted molar refractivity (Wildman–Crippen MR) is 138 cm³/mol. The first-order valence-corrected chi connectivity index (χ1v) is 13.5. The Morgan fingerprint density at radius 3 is 2.67 bits per heavy atom. The van der Waals surface area contributed by atoms with Crippen LogP contribution < -0.4 is 22.1 Å². The van der Waals surface area contributed by atoms with E-state index < -0.39 is 59.1 Å². The van der Waals surface area contributed by atoms with Gasteiger partial charge < -0.3 is 36.6 Å². The van der Waals surface area contributed by atoms with Crippen molar-refractivity contribution in [3.8, 4) is 0 Å². The molecule has 0 saturated carbocycles. The van der Waals surface area contributed by atoms with Crippen molar-refractivity contribution in [1.29, 1.82) is 0 Å². The summed E-state index contributed by atoms with van der Waals surface area (Å²) in [7, 11) is 1.18. The minimum absolute atomic E-state index is 0.00109. The fourth-order valence-corrected chi connectivity index (χ4v) is 5.98. The summed E-state index contributed by atoms with van der Waals surface area (Å²) in [6.45, 7) is -0.407. The molecule has 1 aromatic rings. The number of thioether (sulfide) groups is 2. The smallest absolute Gasteiger partial charge is 0.404 e. The predicted octanol–water partition coefficient (Wildman–Crippen LogP) is -0.995. The number of hydrogen-bond acceptors (Lipinski definition) is 14. The zero-order chi connectivity index (χ0) is 28.9. The number of carboxylic acids is 2. The van der Waals surface area contributed by atoms with Crippen LogP contribution >= 0.6 is 34.9 Å². The number of carboxylic acid groups (broad SMARTS) is 2. The van der Waals surface area contributed by atoms with Gasteiger partial charge in [0.05, 0.1) is 0 Å². The van der Waals surface area contributed by atoms with Crippen LogP contribution in [-0.4, -0.2) is 104 Å². The number of nitrogens with zero attached hydrogens (tertiary/aromatic N) is 3. The highest BCUT2D eigenvalue weighted by Crippen LogP contribution is 2.40. The van der Waals surface area contributed by atoms with Crippen LogP contribution in [0.1, 0.15) is 5.69 Å². The lowest BCUT2D eigenvalue weighted by atomic mass is 10.0. The van der Waals surface area contributed by atoms with Gasteiger partial charge in [0, 0.05) is 22.5 Å². The second kappa shape index (κ2) is 12.8. The third kappa shape index (κ3) is 6.96. The fourth-order valence-electron chi connectivity index (χ4n) is 3.26. The largest absolute Gasteiger partial charge is 0.480 e. The number of carbonyl (C=O) groups is 6. The maximum atomic E-state index is 13.0. The van der Waals surface area contributed by atoms with Crippen molar-refractivity contribution in [2.24, 2.45) is 16.6 Å². The number of oxime groups is 1. The number of ether oxygens (including phenoxy) is 1. The first-order chi connectivity index (χ1) is 18.4. The molecule has 210 valence electrons. The molecule has 0 unspecified atom stereocenters. The first kappa shape index (κ1) is 29.7. The molecule has 0 aromatic carbocycles. The van der Waals surface area contributed by atoms with Crippen LogP contribution in [0.4, 0.5) is 14.7 Å². The molecule has 8 N–H and O–H groups in total. The Hall–Kier alpha value is -3.88. The Bertz CT molecular complexity index is 1270. The van der Waals surface area contributed by atoms with E-state index in [1.165, 1.54) is 12.5 Å². The molecule has 1 fully saturated rings. The first-order valence-electron chi connectivity index (χ1n) is 10.6. The number of primary amides is 1. The summed E-state index contributed by atoms with van der Waals surface area (Å²) < 4.78 is 4.67. The quantitative estimate of drug-likeness (QED) is 0.101. The number of β-lactam (4-membered cyclic amide) rings is 1. The van der Waals surface area contributed by atoms with E-state index in [-0.39, 0.29) is 39.3 Å². The summed E-state index contributed by atoms with van der Waals surface area (Å²) in [4.78, 5) is 81.1. The van der Waals surface area contributed by atoms with E-state index in [0.29, 0.717) is 11.8 Å². The maximum absolute atomic E-state index is 13.0. The number of carbonyl (C=O) groups excluding carboxylic acids is 4. The van der Waals surface area contributed by atoms with Gasteiger partial charge in [-0.1, -0.05) is 16.9 Å². The van der Waals surface area contributed by atoms with Crippen LogP contribution in [0.25, 0.3) is 0 Å². The molecule has 17 nitrogen and oxygen atoms in total. The third-order valence-corrected chi connectivity index (χ3v) is 7.98. The van der Waals surface area contributed by atoms with Crippen molar-refractivity contribution in [3.63, 3.8) is 0 Å². The number of anilines is 1. The summed E-state index contributed by atoms with van der Waals surface area (Å²) in [6, 6.07) is -2.34. The SMILES string of the molecule is CO/N=C(/C(=O)N[C@@H]1C(=O)N2C(C(=O)O)=C(COC(N)=O)CS[C@H]12)c1csc(NC(=O)SC[C@H](N)C(=O)O)n1. The minimum atomic E-state index is -1.41. The molecule has 0 radical (unpaired) electrons. The normalized spacial score (nSPS) is 19.4. The monoisotopic (exact) mass is 603 g/mol. The fraction of sp³-hybridized carbons (Fsp3) is 0.368. The standard InChI is InChI=1S/C19H21N7O10S3/c1-35-25-9(8-5-38-18(22-8)24-19(34)39-4-7(20)15(29)30)12(27)23-10-13(28)26-11(16(31)32)6(2-36-17(21)33)3-37-14(10)26/h5,7,10,14H,2-4,20H2,1H3,(H2,21,33)(H,23,27)(H,29,30)(H,31,32)(H,22,24,34)/b25-9+/t7-,10+,14+/m0/s1. The van der Waals surface area contributed by atoms with E-state index in [1.54, 1.807) is 0 Å². The Morgan fingerprint density at radius 2 is 2.05 bits per heavy atom. The van der Waals surface area contributed by atoms with Crippen molar-refractivity contribution in [1.82, 2.24) is 15.2 Å². The van der Waals surface area contributed by atoms with Gasteiger partial charge in [-0.25, -0.2) is 14.6 Å². The highest BCUT2D eigenvalue weighted by molar-refractivity contribution is 8.13. The molecule has 4 amide bonds. The summed E-state index contributed by atoms with van der Waals surface area (Å²) >= 11 is 2.72. The van der Waals surface area contributed by atoms with Gasteiger partial charge >= 0.3 is 18.0 Å². The van der Waals surface area contributed by atoms with Gasteiger partial charge in [0.1, 0.15) is 42.6 Å². The lowest BCUT2D eigenvalue weighted by Gasteiger charge is -2.49. The molecule has 1 aromatic heterocycles. The number of aromatic nitrogens is 1. The molecule has 3 rings (SSSR count). The van der Waals surface area contributed by atoms with Crippen LogP contribution in [0.2, 0.25) is 0 Å². The summed E-state index contributed by atoms with van der Waals surface area (Å²) in [5.41, 5.74) is 9.78. The highest BCUT2D eigenvalue weighted by atomic mass is 32.2. The van der Waals surface area contributed by atoms with Crippen LogP contribution in [-0.2, 0) is 28.8 Å². The number of fused-ring (bicyclic) bond motifs is 1. The molecule has 0 aliphatic carbocycles. The molecule has 2 aliphatic rings. The number of thiazole rings is 1. The van der Waals surface area contributed by atoms with Gasteiger partial charge in [-0.3, -0.25) is 29.4 Å². The zero-order valence-electron chi connectivity index (χ0n) is 19.8. The Labute approximate surface area is 231 Å². The number of hydrogen-bond donors (Lipinski definition) is 6. The molecule has 0 spiro atoms. The average molecular weight is 604 g/mol. The second-order valence-electron chi connectivity index (χ2n) is 7.55. The lowest BCUT2D eigenvalue weighted by molar-refractivity contribution is -0.150. The van der Waals surface area contributed by atoms with Gasteiger partial charge in [-0.2, -0.15) is 0 Å². The third-order valence-electron chi connectivity index (χ3n) is 4.99. The number of aliphatic carboxylic acids is 2. The summed E-state index contributed by atoms with van der Waals surface area (Å²) in [5.74, 6) is -4.33. The van der Waals surface area contributed by atoms with Gasteiger partial charge in [0.15, 0.2) is 10.8 Å². The van der Waals surface area contributed by atoms with E-state index in [1.807, 2.05) is 0 Å². The number of nitrogens with two attached hydrogens (primary N) is 2. The minimum Gasteiger partial charge on any atom is -0.480 e. The van der Waals surface area contributed by atoms with Crippen molar-refractivity contribution in [3.05, 3.63) is 22.3 Å². The Morgan fingerprint density at radius 1 is 1.33 bits per heavy atom. The van der Waals surface area contributed by atoms with Gasteiger partial charge in [-0.05, 0) is 0 Å². The molecule has 0 bridgehead atoms. The van der Waals surface area contributed by atoms with Gasteiger partial charge in [-0.15, -0.1) is 23.1 Å². The number of nitrogens with one attached hydrogen (secondary N) is 2. The molecular weight excluding hydrogens is 582 g/mol. The van der Waals surface area contributed by atoms with E-state index in [2.05, 4.69) is 25.5 Å². The van der Waals surface area contributed by atoms with Gasteiger partial charge in [0.25, 0.3) is 17.1 Å². The molecule has 2 aliphatic heterocycles. The van der Waals surface area contributed by atoms with E-state index in [9.17, 15) is 33.9 Å². The van der Waals surface area contributed by atoms with Crippen LogP contribution in [0.15, 0.2) is 21.8 Å². The average Bonchev–Trinajstić information content (AvgIpc) is 3.34. The van der Waals surface area contributed by atoms with Crippen LogP contribution in [0.3, 0.4) is 0 Å².